The summed E-state index contributed by atoms with van der Waals surface area (Å²) < 4.78 is 28.5. The van der Waals surface area contributed by atoms with Crippen LogP contribution in [0.5, 0.6) is 5.75 Å². The third kappa shape index (κ3) is 6.94. The van der Waals surface area contributed by atoms with Gasteiger partial charge >= 0.3 is 6.61 Å². The Balaban J connectivity index is 1.61. The highest BCUT2D eigenvalue weighted by Crippen LogP contribution is 2.17. The van der Waals surface area contributed by atoms with Gasteiger partial charge in [-0.05, 0) is 36.5 Å². The highest BCUT2D eigenvalue weighted by atomic mass is 32.1. The summed E-state index contributed by atoms with van der Waals surface area (Å²) in [7, 11) is 2.24. The van der Waals surface area contributed by atoms with Crippen LogP contribution in [0, 0.1) is 0 Å². The number of benzene rings is 1. The number of halogens is 2. The number of piperazine rings is 1. The van der Waals surface area contributed by atoms with Crippen LogP contribution in [0.1, 0.15) is 6.42 Å². The minimum Gasteiger partial charge on any atom is -0.435 e. The largest absolute Gasteiger partial charge is 0.435 e. The maximum absolute atomic E-state index is 12.1. The van der Waals surface area contributed by atoms with E-state index < -0.39 is 6.61 Å². The zero-order chi connectivity index (χ0) is 17.4. The number of hydrogen-bond acceptors (Lipinski definition) is 2. The van der Waals surface area contributed by atoms with Gasteiger partial charge in [-0.2, -0.15) is 8.78 Å². The molecule has 1 aromatic rings. The van der Waals surface area contributed by atoms with Crippen molar-refractivity contribution in [2.75, 3.05) is 51.6 Å². The van der Waals surface area contributed by atoms with Gasteiger partial charge in [0, 0.05) is 18.7 Å². The Hall–Kier alpha value is -1.51. The van der Waals surface area contributed by atoms with Gasteiger partial charge in [0.05, 0.1) is 13.6 Å². The van der Waals surface area contributed by atoms with Crippen LogP contribution in [0.15, 0.2) is 24.3 Å². The van der Waals surface area contributed by atoms with Crippen LogP contribution < -0.4 is 25.2 Å². The van der Waals surface area contributed by atoms with E-state index in [1.165, 1.54) is 38.3 Å². The fourth-order valence-corrected chi connectivity index (χ4v) is 2.94. The van der Waals surface area contributed by atoms with E-state index in [2.05, 4.69) is 22.4 Å². The van der Waals surface area contributed by atoms with Crippen LogP contribution in [-0.4, -0.2) is 58.0 Å². The van der Waals surface area contributed by atoms with Crippen LogP contribution in [0.3, 0.4) is 0 Å². The summed E-state index contributed by atoms with van der Waals surface area (Å²) in [5.74, 6) is 0.131. The number of quaternary nitrogens is 2. The predicted octanol–water partition coefficient (Wildman–Crippen LogP) is -0.622. The molecule has 0 spiro atoms. The molecule has 2 rings (SSSR count). The maximum atomic E-state index is 12.1. The van der Waals surface area contributed by atoms with Crippen LogP contribution in [-0.2, 0) is 0 Å². The molecule has 1 saturated heterocycles. The molecule has 5 nitrogen and oxygen atoms in total. The number of thiocarbonyl (C=S) groups is 1. The molecule has 24 heavy (non-hydrogen) atoms. The summed E-state index contributed by atoms with van der Waals surface area (Å²) in [5.41, 5.74) is 0.738. The Morgan fingerprint density at radius 2 is 1.88 bits per heavy atom. The molecule has 1 aliphatic heterocycles. The highest BCUT2D eigenvalue weighted by molar-refractivity contribution is 7.80. The van der Waals surface area contributed by atoms with Crippen molar-refractivity contribution < 1.29 is 23.3 Å². The first kappa shape index (κ1) is 18.8. The van der Waals surface area contributed by atoms with E-state index in [1.54, 1.807) is 21.9 Å². The molecule has 0 atom stereocenters. The zero-order valence-corrected chi connectivity index (χ0v) is 14.7. The van der Waals surface area contributed by atoms with E-state index in [0.717, 1.165) is 25.2 Å². The Bertz CT molecular complexity index is 507. The molecule has 0 aromatic heterocycles. The molecule has 1 fully saturated rings. The topological polar surface area (TPSA) is 42.2 Å². The van der Waals surface area contributed by atoms with Gasteiger partial charge in [-0.25, -0.2) is 0 Å². The summed E-state index contributed by atoms with van der Waals surface area (Å²) in [4.78, 5) is 3.28. The molecule has 1 aromatic carbocycles. The molecule has 1 aliphatic rings. The van der Waals surface area contributed by atoms with E-state index in [1.807, 2.05) is 0 Å². The standard InChI is InChI=1S/C16H24F2N4OS/c1-21-9-11-22(12-10-21)8-2-7-19-16(24)20-13-3-5-14(6-4-13)23-15(17)18/h3-6,15H,2,7-12H2,1H3,(H2,19,20,24)/p+2. The zero-order valence-electron chi connectivity index (χ0n) is 13.9. The monoisotopic (exact) mass is 360 g/mol. The number of hydrogen-bond donors (Lipinski definition) is 4. The molecule has 0 aliphatic carbocycles. The fraction of sp³-hybridized carbons (Fsp3) is 0.562. The van der Waals surface area contributed by atoms with Crippen LogP contribution >= 0.6 is 12.2 Å². The van der Waals surface area contributed by atoms with E-state index in [-0.39, 0.29) is 5.75 Å². The molecule has 4 N–H and O–H groups in total. The third-order valence-corrected chi connectivity index (χ3v) is 4.39. The van der Waals surface area contributed by atoms with Crippen LogP contribution in [0.4, 0.5) is 14.5 Å². The highest BCUT2D eigenvalue weighted by Gasteiger charge is 2.18. The molecule has 8 heteroatoms. The summed E-state index contributed by atoms with van der Waals surface area (Å²) in [6.07, 6.45) is 1.07. The van der Waals surface area contributed by atoms with E-state index in [0.29, 0.717) is 5.11 Å². The lowest BCUT2D eigenvalue weighted by Gasteiger charge is -2.27. The molecule has 0 bridgehead atoms. The third-order valence-electron chi connectivity index (χ3n) is 4.14. The molecule has 0 unspecified atom stereocenters. The Kier molecular flexibility index (Phi) is 7.61. The second-order valence-corrected chi connectivity index (χ2v) is 6.50. The van der Waals surface area contributed by atoms with Crippen molar-refractivity contribution in [1.29, 1.82) is 0 Å². The van der Waals surface area contributed by atoms with E-state index in [9.17, 15) is 8.78 Å². The van der Waals surface area contributed by atoms with Gasteiger partial charge in [0.2, 0.25) is 0 Å². The predicted molar refractivity (Wildman–Crippen MR) is 94.1 cm³/mol. The van der Waals surface area contributed by atoms with Crippen LogP contribution in [0.2, 0.25) is 0 Å². The number of anilines is 1. The fourth-order valence-electron chi connectivity index (χ4n) is 2.72. The van der Waals surface area contributed by atoms with Crippen molar-refractivity contribution in [2.24, 2.45) is 0 Å². The number of nitrogens with one attached hydrogen (secondary N) is 4. The smallest absolute Gasteiger partial charge is 0.387 e. The molecule has 134 valence electrons. The first-order chi connectivity index (χ1) is 11.5. The normalized spacial score (nSPS) is 20.7. The van der Waals surface area contributed by atoms with Gasteiger partial charge in [0.25, 0.3) is 0 Å². The minimum atomic E-state index is -2.81. The first-order valence-electron chi connectivity index (χ1n) is 8.27. The second-order valence-electron chi connectivity index (χ2n) is 6.09. The SMILES string of the molecule is C[NH+]1CC[NH+](CCCNC(=S)Nc2ccc(OC(F)F)cc2)CC1. The van der Waals surface area contributed by atoms with Gasteiger partial charge < -0.3 is 25.2 Å². The molecule has 0 radical (unpaired) electrons. The van der Waals surface area contributed by atoms with Crippen molar-refractivity contribution in [3.63, 3.8) is 0 Å². The lowest BCUT2D eigenvalue weighted by Crippen LogP contribution is -3.27. The quantitative estimate of drug-likeness (QED) is 0.387. The van der Waals surface area contributed by atoms with Gasteiger partial charge in [-0.1, -0.05) is 0 Å². The lowest BCUT2D eigenvalue weighted by molar-refractivity contribution is -1.00. The summed E-state index contributed by atoms with van der Waals surface area (Å²) in [5, 5.41) is 6.75. The number of rotatable bonds is 7. The van der Waals surface area contributed by atoms with Gasteiger partial charge in [0.1, 0.15) is 31.9 Å². The number of ether oxygens (including phenoxy) is 1. The van der Waals surface area contributed by atoms with Crippen molar-refractivity contribution >= 4 is 23.0 Å². The van der Waals surface area contributed by atoms with E-state index in [4.69, 9.17) is 12.2 Å². The first-order valence-corrected chi connectivity index (χ1v) is 8.68. The average molecular weight is 360 g/mol. The van der Waals surface area contributed by atoms with Gasteiger partial charge in [0.15, 0.2) is 5.11 Å². The van der Waals surface area contributed by atoms with Crippen molar-refractivity contribution in [3.8, 4) is 5.75 Å². The van der Waals surface area contributed by atoms with Gasteiger partial charge in [-0.3, -0.25) is 0 Å². The van der Waals surface area contributed by atoms with Crippen LogP contribution in [0.25, 0.3) is 0 Å². The number of likely N-dealkylation sites (N-methyl/N-ethyl adjacent to an activating group) is 1. The Labute approximate surface area is 146 Å². The molecule has 0 saturated carbocycles. The molecule has 1 heterocycles. The van der Waals surface area contributed by atoms with Crippen molar-refractivity contribution in [2.45, 2.75) is 13.0 Å². The minimum absolute atomic E-state index is 0.131. The number of alkyl halides is 2. The molecular weight excluding hydrogens is 334 g/mol. The van der Waals surface area contributed by atoms with Crippen molar-refractivity contribution in [3.05, 3.63) is 24.3 Å². The molecular formula is C16H26F2N4OS+2. The summed E-state index contributed by atoms with van der Waals surface area (Å²) in [6, 6.07) is 6.27. The van der Waals surface area contributed by atoms with E-state index >= 15 is 0 Å². The second kappa shape index (κ2) is 9.71. The lowest BCUT2D eigenvalue weighted by atomic mass is 10.3. The van der Waals surface area contributed by atoms with Crippen molar-refractivity contribution in [1.82, 2.24) is 5.32 Å². The maximum Gasteiger partial charge on any atom is 0.387 e. The summed E-state index contributed by atoms with van der Waals surface area (Å²) >= 11 is 5.24. The summed E-state index contributed by atoms with van der Waals surface area (Å²) in [6.45, 7) is 4.13. The Morgan fingerprint density at radius 1 is 1.21 bits per heavy atom. The van der Waals surface area contributed by atoms with Gasteiger partial charge in [-0.15, -0.1) is 0 Å². The Morgan fingerprint density at radius 3 is 2.50 bits per heavy atom. The average Bonchev–Trinajstić information content (AvgIpc) is 2.55. The molecule has 0 amide bonds.